The molecule has 1 saturated heterocycles. The third kappa shape index (κ3) is 5.77. The molecule has 0 aromatic rings. The average Bonchev–Trinajstić information content (AvgIpc) is 2.28. The van der Waals surface area contributed by atoms with Crippen molar-refractivity contribution in [3.8, 4) is 0 Å². The van der Waals surface area contributed by atoms with E-state index >= 15 is 0 Å². The Labute approximate surface area is 109 Å². The summed E-state index contributed by atoms with van der Waals surface area (Å²) < 4.78 is 5.14. The van der Waals surface area contributed by atoms with Crippen LogP contribution in [0.4, 0.5) is 0 Å². The number of β-amino-alcohol motifs (C(OH)–C–C–N with tert-alkyl or cyclic N) is 1. The molecule has 1 aliphatic rings. The van der Waals surface area contributed by atoms with E-state index in [0.717, 1.165) is 13.1 Å². The molecule has 6 heteroatoms. The molecule has 18 heavy (non-hydrogen) atoms. The lowest BCUT2D eigenvalue weighted by atomic mass is 10.1. The van der Waals surface area contributed by atoms with E-state index < -0.39 is 5.60 Å². The van der Waals surface area contributed by atoms with Crippen LogP contribution < -0.4 is 5.73 Å². The minimum absolute atomic E-state index is 0.0198. The minimum Gasteiger partial charge on any atom is -0.389 e. The van der Waals surface area contributed by atoms with Crippen molar-refractivity contribution in [1.29, 1.82) is 0 Å². The van der Waals surface area contributed by atoms with E-state index in [9.17, 15) is 9.90 Å². The van der Waals surface area contributed by atoms with Crippen LogP contribution in [0.3, 0.4) is 0 Å². The third-order valence-electron chi connectivity index (χ3n) is 2.82. The lowest BCUT2D eigenvalue weighted by Crippen LogP contribution is -2.52. The van der Waals surface area contributed by atoms with Gasteiger partial charge in [-0.2, -0.15) is 0 Å². The normalized spacial score (nSPS) is 18.1. The lowest BCUT2D eigenvalue weighted by Gasteiger charge is -2.37. The van der Waals surface area contributed by atoms with Crippen LogP contribution in [0.15, 0.2) is 0 Å². The number of hydrogen-bond donors (Lipinski definition) is 2. The molecule has 1 amide bonds. The number of carbonyl (C=O) groups is 1. The highest BCUT2D eigenvalue weighted by atomic mass is 16.5. The predicted molar refractivity (Wildman–Crippen MR) is 69.2 cm³/mol. The van der Waals surface area contributed by atoms with E-state index in [-0.39, 0.29) is 12.5 Å². The molecule has 0 atom stereocenters. The van der Waals surface area contributed by atoms with Crippen LogP contribution in [-0.4, -0.2) is 78.9 Å². The van der Waals surface area contributed by atoms with Gasteiger partial charge in [-0.1, -0.05) is 0 Å². The van der Waals surface area contributed by atoms with Gasteiger partial charge in [-0.3, -0.25) is 9.69 Å². The number of ether oxygens (including phenoxy) is 1. The van der Waals surface area contributed by atoms with Crippen LogP contribution in [0.2, 0.25) is 0 Å². The molecule has 6 nitrogen and oxygen atoms in total. The molecule has 0 radical (unpaired) electrons. The van der Waals surface area contributed by atoms with Crippen LogP contribution in [0.1, 0.15) is 13.8 Å². The predicted octanol–water partition coefficient (Wildman–Crippen LogP) is -1.12. The highest BCUT2D eigenvalue weighted by molar-refractivity contribution is 5.77. The second-order valence-corrected chi connectivity index (χ2v) is 5.31. The van der Waals surface area contributed by atoms with Gasteiger partial charge in [-0.15, -0.1) is 0 Å². The van der Waals surface area contributed by atoms with Gasteiger partial charge < -0.3 is 20.5 Å². The van der Waals surface area contributed by atoms with Crippen molar-refractivity contribution in [3.05, 3.63) is 0 Å². The van der Waals surface area contributed by atoms with Gasteiger partial charge in [0, 0.05) is 39.3 Å². The standard InChI is InChI=1S/C12H25N3O3/c1-12(2,17)10-14-4-6-15(7-5-14)11(16)9-18-8-3-13/h17H,3-10,13H2,1-2H3. The van der Waals surface area contributed by atoms with E-state index in [1.165, 1.54) is 0 Å². The smallest absolute Gasteiger partial charge is 0.248 e. The SMILES string of the molecule is CC(C)(O)CN1CCN(C(=O)COCCN)CC1. The first-order valence-electron chi connectivity index (χ1n) is 6.43. The zero-order chi connectivity index (χ0) is 13.6. The number of piperazine rings is 1. The second-order valence-electron chi connectivity index (χ2n) is 5.31. The summed E-state index contributed by atoms with van der Waals surface area (Å²) in [5.74, 6) is 0.0198. The van der Waals surface area contributed by atoms with Crippen LogP contribution in [-0.2, 0) is 9.53 Å². The molecule has 0 saturated carbocycles. The third-order valence-corrected chi connectivity index (χ3v) is 2.82. The average molecular weight is 259 g/mol. The maximum atomic E-state index is 11.8. The minimum atomic E-state index is -0.684. The van der Waals surface area contributed by atoms with Crippen molar-refractivity contribution < 1.29 is 14.6 Å². The Hall–Kier alpha value is -0.690. The summed E-state index contributed by atoms with van der Waals surface area (Å²) in [6.45, 7) is 8.19. The Balaban J connectivity index is 2.24. The molecule has 1 aliphatic heterocycles. The zero-order valence-electron chi connectivity index (χ0n) is 11.4. The molecule has 0 aromatic carbocycles. The van der Waals surface area contributed by atoms with Crippen molar-refractivity contribution >= 4 is 5.91 Å². The van der Waals surface area contributed by atoms with Crippen LogP contribution in [0.25, 0.3) is 0 Å². The number of hydrogen-bond acceptors (Lipinski definition) is 5. The monoisotopic (exact) mass is 259 g/mol. The molecular formula is C12H25N3O3. The quantitative estimate of drug-likeness (QED) is 0.591. The molecule has 0 spiro atoms. The van der Waals surface area contributed by atoms with Crippen molar-refractivity contribution in [1.82, 2.24) is 9.80 Å². The highest BCUT2D eigenvalue weighted by Gasteiger charge is 2.24. The number of rotatable bonds is 6. The molecular weight excluding hydrogens is 234 g/mol. The van der Waals surface area contributed by atoms with Gasteiger partial charge in [-0.05, 0) is 13.8 Å². The molecule has 1 fully saturated rings. The van der Waals surface area contributed by atoms with Gasteiger partial charge in [0.2, 0.25) is 5.91 Å². The summed E-state index contributed by atoms with van der Waals surface area (Å²) in [7, 11) is 0. The molecule has 3 N–H and O–H groups in total. The molecule has 0 bridgehead atoms. The summed E-state index contributed by atoms with van der Waals surface area (Å²) in [6.07, 6.45) is 0. The fourth-order valence-corrected chi connectivity index (χ4v) is 2.04. The van der Waals surface area contributed by atoms with E-state index in [2.05, 4.69) is 4.90 Å². The maximum absolute atomic E-state index is 11.8. The van der Waals surface area contributed by atoms with Gasteiger partial charge in [-0.25, -0.2) is 0 Å². The Morgan fingerprint density at radius 3 is 2.44 bits per heavy atom. The number of nitrogens with two attached hydrogens (primary N) is 1. The van der Waals surface area contributed by atoms with E-state index in [4.69, 9.17) is 10.5 Å². The van der Waals surface area contributed by atoms with Gasteiger partial charge >= 0.3 is 0 Å². The molecule has 0 aliphatic carbocycles. The maximum Gasteiger partial charge on any atom is 0.248 e. The van der Waals surface area contributed by atoms with Gasteiger partial charge in [0.25, 0.3) is 0 Å². The summed E-state index contributed by atoms with van der Waals surface area (Å²) >= 11 is 0. The van der Waals surface area contributed by atoms with Crippen molar-refractivity contribution in [2.75, 3.05) is 52.5 Å². The van der Waals surface area contributed by atoms with E-state index in [1.54, 1.807) is 18.7 Å². The van der Waals surface area contributed by atoms with Crippen LogP contribution in [0, 0.1) is 0 Å². The van der Waals surface area contributed by atoms with Crippen molar-refractivity contribution in [3.63, 3.8) is 0 Å². The van der Waals surface area contributed by atoms with Crippen molar-refractivity contribution in [2.45, 2.75) is 19.4 Å². The van der Waals surface area contributed by atoms with E-state index in [1.807, 2.05) is 0 Å². The molecule has 106 valence electrons. The first-order valence-corrected chi connectivity index (χ1v) is 6.43. The fourth-order valence-electron chi connectivity index (χ4n) is 2.04. The molecule has 0 aromatic heterocycles. The Morgan fingerprint density at radius 2 is 1.94 bits per heavy atom. The van der Waals surface area contributed by atoms with E-state index in [0.29, 0.717) is 32.8 Å². The lowest BCUT2D eigenvalue weighted by molar-refractivity contribution is -0.138. The van der Waals surface area contributed by atoms with Crippen LogP contribution >= 0.6 is 0 Å². The summed E-state index contributed by atoms with van der Waals surface area (Å²) in [5.41, 5.74) is 4.61. The molecule has 1 rings (SSSR count). The van der Waals surface area contributed by atoms with Gasteiger partial charge in [0.05, 0.1) is 12.2 Å². The van der Waals surface area contributed by atoms with Gasteiger partial charge in [0.15, 0.2) is 0 Å². The highest BCUT2D eigenvalue weighted by Crippen LogP contribution is 2.08. The summed E-state index contributed by atoms with van der Waals surface area (Å²) in [5, 5.41) is 9.73. The number of nitrogens with zero attached hydrogens (tertiary/aromatic N) is 2. The number of carbonyl (C=O) groups excluding carboxylic acids is 1. The fraction of sp³-hybridized carbons (Fsp3) is 0.917. The number of aliphatic hydroxyl groups is 1. The van der Waals surface area contributed by atoms with Crippen molar-refractivity contribution in [2.24, 2.45) is 5.73 Å². The zero-order valence-corrected chi connectivity index (χ0v) is 11.4. The first kappa shape index (κ1) is 15.4. The summed E-state index contributed by atoms with van der Waals surface area (Å²) in [6, 6.07) is 0. The summed E-state index contributed by atoms with van der Waals surface area (Å²) in [4.78, 5) is 15.7. The first-order chi connectivity index (χ1) is 8.42. The van der Waals surface area contributed by atoms with Crippen LogP contribution in [0.5, 0.6) is 0 Å². The Kier molecular flexibility index (Phi) is 6.01. The molecule has 1 heterocycles. The topological polar surface area (TPSA) is 79.0 Å². The Bertz CT molecular complexity index is 258. The largest absolute Gasteiger partial charge is 0.389 e. The second kappa shape index (κ2) is 7.04. The van der Waals surface area contributed by atoms with Gasteiger partial charge in [0.1, 0.15) is 6.61 Å². The Morgan fingerprint density at radius 1 is 1.33 bits per heavy atom. The number of amides is 1. The molecule has 0 unspecified atom stereocenters.